The van der Waals surface area contributed by atoms with Crippen LogP contribution in [-0.2, 0) is 14.6 Å². The number of nitrogens with two attached hydrogens (primary N) is 1. The van der Waals surface area contributed by atoms with Crippen LogP contribution in [0.2, 0.25) is 0 Å². The molecule has 0 saturated heterocycles. The Labute approximate surface area is 112 Å². The maximum atomic E-state index is 11.4. The lowest BCUT2D eigenvalue weighted by molar-refractivity contribution is 0.0602. The Morgan fingerprint density at radius 3 is 2.68 bits per heavy atom. The summed E-state index contributed by atoms with van der Waals surface area (Å²) in [7, 11) is -1.67. The molecule has 19 heavy (non-hydrogen) atoms. The first-order valence-corrected chi connectivity index (χ1v) is 7.79. The monoisotopic (exact) mass is 286 g/mol. The second kappa shape index (κ2) is 6.42. The summed E-state index contributed by atoms with van der Waals surface area (Å²) in [5.41, 5.74) is 7.03. The fourth-order valence-electron chi connectivity index (χ4n) is 1.56. The highest BCUT2D eigenvalue weighted by atomic mass is 32.2. The molecule has 0 spiro atoms. The number of para-hydroxylation sites is 1. The maximum Gasteiger partial charge on any atom is 0.340 e. The molecule has 106 valence electrons. The smallest absolute Gasteiger partial charge is 0.340 e. The minimum Gasteiger partial charge on any atom is -0.465 e. The summed E-state index contributed by atoms with van der Waals surface area (Å²) in [5, 5.41) is 3.01. The van der Waals surface area contributed by atoms with Gasteiger partial charge in [-0.3, -0.25) is 0 Å². The second-order valence-corrected chi connectivity index (χ2v) is 6.43. The van der Waals surface area contributed by atoms with Gasteiger partial charge in [0, 0.05) is 12.8 Å². The van der Waals surface area contributed by atoms with Crippen molar-refractivity contribution < 1.29 is 17.9 Å². The van der Waals surface area contributed by atoms with E-state index in [1.165, 1.54) is 13.4 Å². The van der Waals surface area contributed by atoms with Crippen LogP contribution in [0.3, 0.4) is 0 Å². The molecule has 0 atom stereocenters. The van der Waals surface area contributed by atoms with Crippen LogP contribution in [0, 0.1) is 0 Å². The van der Waals surface area contributed by atoms with Crippen molar-refractivity contribution in [1.82, 2.24) is 0 Å². The van der Waals surface area contributed by atoms with E-state index in [9.17, 15) is 13.2 Å². The normalized spacial score (nSPS) is 11.1. The number of carbonyl (C=O) groups is 1. The quantitative estimate of drug-likeness (QED) is 0.458. The van der Waals surface area contributed by atoms with Crippen molar-refractivity contribution >= 4 is 27.2 Å². The van der Waals surface area contributed by atoms with Gasteiger partial charge < -0.3 is 15.8 Å². The van der Waals surface area contributed by atoms with E-state index in [4.69, 9.17) is 5.73 Å². The lowest BCUT2D eigenvalue weighted by Gasteiger charge is -2.11. The molecule has 0 aliphatic rings. The summed E-state index contributed by atoms with van der Waals surface area (Å²) >= 11 is 0. The van der Waals surface area contributed by atoms with Crippen molar-refractivity contribution in [2.75, 3.05) is 36.7 Å². The number of methoxy groups -OCH3 is 1. The number of esters is 1. The summed E-state index contributed by atoms with van der Waals surface area (Å²) in [6.07, 6.45) is 1.67. The van der Waals surface area contributed by atoms with E-state index >= 15 is 0 Å². The molecule has 0 radical (unpaired) electrons. The van der Waals surface area contributed by atoms with E-state index in [2.05, 4.69) is 10.1 Å². The molecule has 6 nitrogen and oxygen atoms in total. The highest BCUT2D eigenvalue weighted by molar-refractivity contribution is 7.90. The van der Waals surface area contributed by atoms with E-state index < -0.39 is 15.8 Å². The summed E-state index contributed by atoms with van der Waals surface area (Å²) in [6, 6.07) is 4.98. The minimum atomic E-state index is -2.96. The number of hydrogen-bond donors (Lipinski definition) is 2. The molecule has 0 heterocycles. The second-order valence-electron chi connectivity index (χ2n) is 4.17. The molecule has 0 bridgehead atoms. The number of rotatable bonds is 6. The first-order valence-electron chi connectivity index (χ1n) is 5.73. The first-order chi connectivity index (χ1) is 8.85. The average Bonchev–Trinajstić information content (AvgIpc) is 2.34. The summed E-state index contributed by atoms with van der Waals surface area (Å²) < 4.78 is 26.6. The molecule has 0 amide bonds. The molecule has 0 unspecified atom stereocenters. The topological polar surface area (TPSA) is 98.5 Å². The van der Waals surface area contributed by atoms with Gasteiger partial charge in [0.1, 0.15) is 9.84 Å². The number of nitrogen functional groups attached to an aromatic ring is 1. The number of anilines is 2. The Morgan fingerprint density at radius 1 is 1.42 bits per heavy atom. The van der Waals surface area contributed by atoms with Gasteiger partial charge in [0.15, 0.2) is 0 Å². The molecule has 3 N–H and O–H groups in total. The Morgan fingerprint density at radius 2 is 2.11 bits per heavy atom. The van der Waals surface area contributed by atoms with E-state index in [0.717, 1.165) is 0 Å². The Kier molecular flexibility index (Phi) is 5.17. The van der Waals surface area contributed by atoms with Gasteiger partial charge in [-0.15, -0.1) is 0 Å². The third-order valence-corrected chi connectivity index (χ3v) is 3.55. The number of nitrogens with one attached hydrogen (secondary N) is 1. The van der Waals surface area contributed by atoms with Crippen molar-refractivity contribution in [3.8, 4) is 0 Å². The van der Waals surface area contributed by atoms with Gasteiger partial charge in [-0.1, -0.05) is 6.07 Å². The zero-order valence-electron chi connectivity index (χ0n) is 11.0. The molecule has 0 fully saturated rings. The van der Waals surface area contributed by atoms with Crippen molar-refractivity contribution in [3.63, 3.8) is 0 Å². The molecule has 0 aliphatic carbocycles. The Bertz CT molecular complexity index is 555. The molecule has 0 aliphatic heterocycles. The van der Waals surface area contributed by atoms with Crippen LogP contribution in [0.15, 0.2) is 18.2 Å². The third-order valence-electron chi connectivity index (χ3n) is 2.52. The van der Waals surface area contributed by atoms with Crippen molar-refractivity contribution in [1.29, 1.82) is 0 Å². The Hall–Kier alpha value is -1.76. The average molecular weight is 286 g/mol. The van der Waals surface area contributed by atoms with Gasteiger partial charge in [0.05, 0.1) is 29.8 Å². The van der Waals surface area contributed by atoms with Crippen LogP contribution in [0.1, 0.15) is 16.8 Å². The lowest BCUT2D eigenvalue weighted by atomic mass is 10.1. The van der Waals surface area contributed by atoms with E-state index in [0.29, 0.717) is 24.3 Å². The molecule has 1 rings (SSSR count). The SMILES string of the molecule is COC(=O)c1cccc(NCCCS(C)(=O)=O)c1N. The van der Waals surface area contributed by atoms with Crippen LogP contribution in [-0.4, -0.2) is 40.1 Å². The van der Waals surface area contributed by atoms with Crippen LogP contribution in [0.25, 0.3) is 0 Å². The molecule has 0 aromatic heterocycles. The number of benzene rings is 1. The predicted molar refractivity (Wildman–Crippen MR) is 75.0 cm³/mol. The fraction of sp³-hybridized carbons (Fsp3) is 0.417. The minimum absolute atomic E-state index is 0.108. The van der Waals surface area contributed by atoms with E-state index in [1.807, 2.05) is 0 Å². The van der Waals surface area contributed by atoms with Gasteiger partial charge >= 0.3 is 5.97 Å². The molecule has 7 heteroatoms. The summed E-state index contributed by atoms with van der Waals surface area (Å²) in [4.78, 5) is 11.4. The van der Waals surface area contributed by atoms with Crippen LogP contribution >= 0.6 is 0 Å². The number of ether oxygens (including phenoxy) is 1. The van der Waals surface area contributed by atoms with Crippen LogP contribution in [0.5, 0.6) is 0 Å². The molecule has 0 saturated carbocycles. The van der Waals surface area contributed by atoms with E-state index in [1.54, 1.807) is 18.2 Å². The number of carbonyl (C=O) groups excluding carboxylic acids is 1. The van der Waals surface area contributed by atoms with Crippen molar-refractivity contribution in [3.05, 3.63) is 23.8 Å². The first kappa shape index (κ1) is 15.3. The van der Waals surface area contributed by atoms with Gasteiger partial charge in [0.25, 0.3) is 0 Å². The largest absolute Gasteiger partial charge is 0.465 e. The highest BCUT2D eigenvalue weighted by Gasteiger charge is 2.12. The van der Waals surface area contributed by atoms with Crippen molar-refractivity contribution in [2.45, 2.75) is 6.42 Å². The molecule has 1 aromatic carbocycles. The summed E-state index contributed by atoms with van der Waals surface area (Å²) in [5.74, 6) is -0.395. The fourth-order valence-corrected chi connectivity index (χ4v) is 2.23. The van der Waals surface area contributed by atoms with Gasteiger partial charge in [0.2, 0.25) is 0 Å². The van der Waals surface area contributed by atoms with Gasteiger partial charge in [-0.2, -0.15) is 0 Å². The third kappa shape index (κ3) is 4.78. The van der Waals surface area contributed by atoms with Gasteiger partial charge in [-0.05, 0) is 18.6 Å². The number of hydrogen-bond acceptors (Lipinski definition) is 6. The zero-order valence-corrected chi connectivity index (χ0v) is 11.8. The molecular weight excluding hydrogens is 268 g/mol. The standard InChI is InChI=1S/C12H18N2O4S/c1-18-12(15)9-5-3-6-10(11(9)13)14-7-4-8-19(2,16)17/h3,5-6,14H,4,7-8,13H2,1-2H3. The van der Waals surface area contributed by atoms with Crippen LogP contribution in [0.4, 0.5) is 11.4 Å². The van der Waals surface area contributed by atoms with Crippen LogP contribution < -0.4 is 11.1 Å². The number of sulfone groups is 1. The zero-order chi connectivity index (χ0) is 14.5. The maximum absolute atomic E-state index is 11.4. The molecular formula is C12H18N2O4S. The lowest BCUT2D eigenvalue weighted by Crippen LogP contribution is -2.12. The van der Waals surface area contributed by atoms with Crippen molar-refractivity contribution in [2.24, 2.45) is 0 Å². The van der Waals surface area contributed by atoms with E-state index in [-0.39, 0.29) is 11.3 Å². The highest BCUT2D eigenvalue weighted by Crippen LogP contribution is 2.23. The van der Waals surface area contributed by atoms with Gasteiger partial charge in [-0.25, -0.2) is 13.2 Å². The summed E-state index contributed by atoms with van der Waals surface area (Å²) in [6.45, 7) is 0.460. The Balaban J connectivity index is 2.67. The molecule has 1 aromatic rings. The predicted octanol–water partition coefficient (Wildman–Crippen LogP) is 0.902.